The zero-order chi connectivity index (χ0) is 25.7. The quantitative estimate of drug-likeness (QED) is 0.201. The number of ether oxygens (including phenoxy) is 1. The molecule has 0 spiro atoms. The first-order valence-electron chi connectivity index (χ1n) is 9.15. The standard InChI is InChI=1S/C20H14F6O7S/c21-19(22,23)18(29,20(24,25)26)3-4-33-17(28)13-6-12-5-11-7-14(27)2-1-10(11)8-15(12)16(9-13)34(30,31)32/h1-2,5-9,27,29H,3-4H2,(H,30,31,32). The number of phenols is 1. The molecule has 0 radical (unpaired) electrons. The molecule has 34 heavy (non-hydrogen) atoms. The number of phenolic OH excluding ortho intramolecular Hbond substituents is 1. The van der Waals surface area contributed by atoms with Crippen LogP contribution in [0.25, 0.3) is 21.5 Å². The molecule has 0 unspecified atom stereocenters. The van der Waals surface area contributed by atoms with Crippen LogP contribution in [-0.2, 0) is 14.9 Å². The fraction of sp³-hybridized carbons (Fsp3) is 0.250. The lowest BCUT2D eigenvalue weighted by molar-refractivity contribution is -0.371. The van der Waals surface area contributed by atoms with E-state index in [2.05, 4.69) is 4.74 Å². The Morgan fingerprint density at radius 1 is 0.882 bits per heavy atom. The number of aromatic hydroxyl groups is 1. The van der Waals surface area contributed by atoms with Crippen molar-refractivity contribution in [2.24, 2.45) is 0 Å². The van der Waals surface area contributed by atoms with Gasteiger partial charge in [-0.1, -0.05) is 6.07 Å². The molecule has 0 aromatic heterocycles. The number of benzene rings is 3. The lowest BCUT2D eigenvalue weighted by atomic mass is 9.99. The summed E-state index contributed by atoms with van der Waals surface area (Å²) < 4.78 is 114. The SMILES string of the molecule is O=C(OCCC(O)(C(F)(F)F)C(F)(F)F)c1cc(S(=O)(=O)O)c2cc3ccc(O)cc3cc2c1. The minimum absolute atomic E-state index is 0.0299. The second-order valence-corrected chi connectivity index (χ2v) is 8.69. The summed E-state index contributed by atoms with van der Waals surface area (Å²) in [6.07, 6.45) is -14.3. The second kappa shape index (κ2) is 8.29. The maximum Gasteiger partial charge on any atom is 0.426 e. The summed E-state index contributed by atoms with van der Waals surface area (Å²) in [7, 11) is -4.94. The Kier molecular flexibility index (Phi) is 6.22. The van der Waals surface area contributed by atoms with Gasteiger partial charge in [0.15, 0.2) is 0 Å². The topological polar surface area (TPSA) is 121 Å². The van der Waals surface area contributed by atoms with Crippen molar-refractivity contribution in [2.45, 2.75) is 29.3 Å². The van der Waals surface area contributed by atoms with Gasteiger partial charge in [-0.05, 0) is 52.6 Å². The highest BCUT2D eigenvalue weighted by molar-refractivity contribution is 7.86. The maximum absolute atomic E-state index is 12.7. The van der Waals surface area contributed by atoms with Gasteiger partial charge < -0.3 is 14.9 Å². The van der Waals surface area contributed by atoms with Gasteiger partial charge in [0, 0.05) is 11.8 Å². The van der Waals surface area contributed by atoms with Gasteiger partial charge in [-0.3, -0.25) is 4.55 Å². The van der Waals surface area contributed by atoms with Crippen molar-refractivity contribution in [1.82, 2.24) is 0 Å². The van der Waals surface area contributed by atoms with E-state index in [0.717, 1.165) is 6.07 Å². The second-order valence-electron chi connectivity index (χ2n) is 7.30. The minimum atomic E-state index is -6.11. The third-order valence-corrected chi connectivity index (χ3v) is 5.90. The minimum Gasteiger partial charge on any atom is -0.508 e. The summed E-state index contributed by atoms with van der Waals surface area (Å²) in [6.45, 7) is -1.51. The fourth-order valence-electron chi connectivity index (χ4n) is 3.21. The fourth-order valence-corrected chi connectivity index (χ4v) is 3.94. The first-order valence-corrected chi connectivity index (χ1v) is 10.6. The molecule has 0 aliphatic carbocycles. The molecular weight excluding hydrogens is 498 g/mol. The summed E-state index contributed by atoms with van der Waals surface area (Å²) in [5.74, 6) is -1.64. The van der Waals surface area contributed by atoms with Crippen molar-refractivity contribution in [2.75, 3.05) is 6.61 Å². The number of halogens is 6. The molecule has 0 bridgehead atoms. The zero-order valence-electron chi connectivity index (χ0n) is 16.6. The number of esters is 1. The third-order valence-electron chi connectivity index (χ3n) is 5.00. The average molecular weight is 512 g/mol. The van der Waals surface area contributed by atoms with Crippen molar-refractivity contribution in [3.8, 4) is 5.75 Å². The normalized spacial score (nSPS) is 13.4. The summed E-state index contributed by atoms with van der Waals surface area (Å²) in [6, 6.07) is 8.42. The van der Waals surface area contributed by atoms with Crippen molar-refractivity contribution < 1.29 is 59.1 Å². The Balaban J connectivity index is 1.99. The number of hydrogen-bond donors (Lipinski definition) is 3. The lowest BCUT2D eigenvalue weighted by Gasteiger charge is -2.31. The molecule has 0 saturated heterocycles. The van der Waals surface area contributed by atoms with Gasteiger partial charge in [0.2, 0.25) is 0 Å². The molecule has 0 amide bonds. The number of hydrogen-bond acceptors (Lipinski definition) is 6. The molecule has 184 valence electrons. The van der Waals surface area contributed by atoms with Crippen LogP contribution in [0.15, 0.2) is 47.4 Å². The van der Waals surface area contributed by atoms with Crippen LogP contribution < -0.4 is 0 Å². The molecule has 3 aromatic carbocycles. The van der Waals surface area contributed by atoms with E-state index in [9.17, 15) is 49.2 Å². The predicted molar refractivity (Wildman–Crippen MR) is 105 cm³/mol. The van der Waals surface area contributed by atoms with Gasteiger partial charge in [0.1, 0.15) is 10.6 Å². The number of aliphatic hydroxyl groups is 1. The molecule has 0 atom stereocenters. The predicted octanol–water partition coefficient (Wildman–Crippen LogP) is 4.35. The van der Waals surface area contributed by atoms with Gasteiger partial charge in [0.25, 0.3) is 15.7 Å². The molecule has 3 aromatic rings. The van der Waals surface area contributed by atoms with Crippen LogP contribution in [0.3, 0.4) is 0 Å². The Labute approximate surface area is 186 Å². The van der Waals surface area contributed by atoms with E-state index in [1.165, 1.54) is 30.3 Å². The lowest BCUT2D eigenvalue weighted by Crippen LogP contribution is -2.57. The largest absolute Gasteiger partial charge is 0.508 e. The average Bonchev–Trinajstić information content (AvgIpc) is 2.68. The first kappa shape index (κ1) is 25.5. The molecule has 0 saturated carbocycles. The van der Waals surface area contributed by atoms with Crippen molar-refractivity contribution in [3.05, 3.63) is 48.0 Å². The van der Waals surface area contributed by atoms with Crippen LogP contribution in [0.5, 0.6) is 5.75 Å². The van der Waals surface area contributed by atoms with Crippen molar-refractivity contribution >= 4 is 37.6 Å². The summed E-state index contributed by atoms with van der Waals surface area (Å²) in [5.41, 5.74) is -5.74. The van der Waals surface area contributed by atoms with E-state index < -0.39 is 57.5 Å². The van der Waals surface area contributed by atoms with Gasteiger partial charge in [-0.2, -0.15) is 34.8 Å². The highest BCUT2D eigenvalue weighted by atomic mass is 32.2. The molecule has 14 heteroatoms. The molecule has 0 fully saturated rings. The van der Waals surface area contributed by atoms with Crippen LogP contribution in [0.1, 0.15) is 16.8 Å². The van der Waals surface area contributed by atoms with Gasteiger partial charge >= 0.3 is 18.3 Å². The Bertz CT molecular complexity index is 1370. The highest BCUT2D eigenvalue weighted by Gasteiger charge is 2.70. The number of alkyl halides is 6. The van der Waals surface area contributed by atoms with E-state index in [1.807, 2.05) is 0 Å². The number of carbonyl (C=O) groups excluding carboxylic acids is 1. The van der Waals surface area contributed by atoms with E-state index in [1.54, 1.807) is 0 Å². The molecule has 0 heterocycles. The van der Waals surface area contributed by atoms with Gasteiger partial charge in [-0.25, -0.2) is 4.79 Å². The summed E-state index contributed by atoms with van der Waals surface area (Å²) in [5, 5.41) is 19.5. The van der Waals surface area contributed by atoms with E-state index in [-0.39, 0.29) is 16.5 Å². The number of fused-ring (bicyclic) bond motifs is 2. The van der Waals surface area contributed by atoms with E-state index >= 15 is 0 Å². The van der Waals surface area contributed by atoms with E-state index in [0.29, 0.717) is 16.8 Å². The molecule has 0 aliphatic rings. The van der Waals surface area contributed by atoms with Crippen LogP contribution in [0, 0.1) is 0 Å². The summed E-state index contributed by atoms with van der Waals surface area (Å²) in [4.78, 5) is 11.5. The molecule has 0 aliphatic heterocycles. The van der Waals surface area contributed by atoms with Crippen molar-refractivity contribution in [1.29, 1.82) is 0 Å². The molecule has 3 rings (SSSR count). The molecule has 7 nitrogen and oxygen atoms in total. The highest BCUT2D eigenvalue weighted by Crippen LogP contribution is 2.45. The Morgan fingerprint density at radius 2 is 1.50 bits per heavy atom. The zero-order valence-corrected chi connectivity index (χ0v) is 17.4. The van der Waals surface area contributed by atoms with Crippen LogP contribution >= 0.6 is 0 Å². The maximum atomic E-state index is 12.7. The molecule has 3 N–H and O–H groups in total. The monoisotopic (exact) mass is 512 g/mol. The van der Waals surface area contributed by atoms with Crippen LogP contribution in [0.2, 0.25) is 0 Å². The number of carbonyl (C=O) groups is 1. The van der Waals surface area contributed by atoms with Crippen molar-refractivity contribution in [3.63, 3.8) is 0 Å². The van der Waals surface area contributed by atoms with Gasteiger partial charge in [-0.15, -0.1) is 0 Å². The van der Waals surface area contributed by atoms with E-state index in [4.69, 9.17) is 5.11 Å². The van der Waals surface area contributed by atoms with Crippen LogP contribution in [0.4, 0.5) is 26.3 Å². The first-order chi connectivity index (χ1) is 15.4. The van der Waals surface area contributed by atoms with Gasteiger partial charge in [0.05, 0.1) is 12.2 Å². The van der Waals surface area contributed by atoms with Crippen LogP contribution in [-0.4, -0.2) is 53.7 Å². The number of rotatable bonds is 5. The smallest absolute Gasteiger partial charge is 0.426 e. The Hall–Kier alpha value is -3.10. The summed E-state index contributed by atoms with van der Waals surface area (Å²) >= 11 is 0. The molecular formula is C20H14F6O7S. The third kappa shape index (κ3) is 4.74. The Morgan fingerprint density at radius 3 is 2.06 bits per heavy atom.